The van der Waals surface area contributed by atoms with Crippen LogP contribution in [-0.2, 0) is 0 Å². The summed E-state index contributed by atoms with van der Waals surface area (Å²) in [5, 5.41) is 7.82. The lowest BCUT2D eigenvalue weighted by Gasteiger charge is -2.33. The molecule has 2 aliphatic heterocycles. The minimum Gasteiger partial charge on any atom is -0.497 e. The Kier molecular flexibility index (Phi) is 4.42. The van der Waals surface area contributed by atoms with Crippen molar-refractivity contribution in [3.05, 3.63) is 52.0 Å². The number of anilines is 1. The molecule has 5 rings (SSSR count). The fourth-order valence-electron chi connectivity index (χ4n) is 4.32. The van der Waals surface area contributed by atoms with Crippen molar-refractivity contribution in [2.24, 2.45) is 5.92 Å². The number of aromatic nitrogens is 1. The third kappa shape index (κ3) is 3.04. The summed E-state index contributed by atoms with van der Waals surface area (Å²) in [5.41, 5.74) is 10.8. The molecule has 1 amide bonds. The highest BCUT2D eigenvalue weighted by Crippen LogP contribution is 2.41. The van der Waals surface area contributed by atoms with Crippen molar-refractivity contribution in [2.45, 2.75) is 26.1 Å². The van der Waals surface area contributed by atoms with Crippen molar-refractivity contribution >= 4 is 33.1 Å². The average molecular weight is 410 g/mol. The van der Waals surface area contributed by atoms with E-state index in [1.807, 2.05) is 19.1 Å². The molecule has 0 radical (unpaired) electrons. The van der Waals surface area contributed by atoms with Gasteiger partial charge in [-0.2, -0.15) is 0 Å². The van der Waals surface area contributed by atoms with E-state index in [4.69, 9.17) is 4.74 Å². The van der Waals surface area contributed by atoms with E-state index in [1.54, 1.807) is 7.11 Å². The van der Waals surface area contributed by atoms with Gasteiger partial charge in [0.1, 0.15) is 21.6 Å². The van der Waals surface area contributed by atoms with Crippen molar-refractivity contribution in [2.75, 3.05) is 19.0 Å². The number of nitrogens with one attached hydrogen (secondary N) is 4. The summed E-state index contributed by atoms with van der Waals surface area (Å²) >= 11 is 1.45. The van der Waals surface area contributed by atoms with Crippen LogP contribution >= 0.6 is 11.3 Å². The molecule has 3 atom stereocenters. The first-order chi connectivity index (χ1) is 14.0. The molecule has 1 fully saturated rings. The van der Waals surface area contributed by atoms with Crippen molar-refractivity contribution in [1.29, 1.82) is 0 Å². The molecule has 2 aliphatic rings. The summed E-state index contributed by atoms with van der Waals surface area (Å²) in [6.45, 7) is 4.80. The summed E-state index contributed by atoms with van der Waals surface area (Å²) in [5.74, 6) is 0.923. The van der Waals surface area contributed by atoms with Gasteiger partial charge in [0, 0.05) is 23.5 Å². The van der Waals surface area contributed by atoms with Crippen LogP contribution in [-0.4, -0.2) is 30.7 Å². The van der Waals surface area contributed by atoms with Gasteiger partial charge < -0.3 is 15.4 Å². The highest BCUT2D eigenvalue weighted by molar-refractivity contribution is 7.21. The SMILES string of the molecule is COc1ccc(C2NNCC2C2NC(=O)c3sc4nc(C)cc(C)c4c3N2)cc1. The quantitative estimate of drug-likeness (QED) is 0.532. The molecule has 0 aliphatic carbocycles. The Labute approximate surface area is 172 Å². The Bertz CT molecular complexity index is 1090. The van der Waals surface area contributed by atoms with Gasteiger partial charge in [-0.05, 0) is 43.2 Å². The van der Waals surface area contributed by atoms with E-state index in [-0.39, 0.29) is 24.0 Å². The molecule has 4 heterocycles. The van der Waals surface area contributed by atoms with Gasteiger partial charge in [0.15, 0.2) is 0 Å². The Morgan fingerprint density at radius 2 is 1.97 bits per heavy atom. The maximum atomic E-state index is 12.9. The van der Waals surface area contributed by atoms with E-state index in [2.05, 4.69) is 51.6 Å². The number of hydrazine groups is 1. The molecule has 0 bridgehead atoms. The molecular weight excluding hydrogens is 386 g/mol. The first-order valence-corrected chi connectivity index (χ1v) is 10.5. The minimum absolute atomic E-state index is 0.0378. The Hall–Kier alpha value is -2.68. The van der Waals surface area contributed by atoms with Crippen LogP contribution < -0.4 is 26.2 Å². The number of carbonyl (C=O) groups excluding carboxylic acids is 1. The Morgan fingerprint density at radius 3 is 2.72 bits per heavy atom. The zero-order valence-corrected chi connectivity index (χ0v) is 17.3. The molecule has 29 heavy (non-hydrogen) atoms. The van der Waals surface area contributed by atoms with E-state index in [9.17, 15) is 4.79 Å². The second-order valence-corrected chi connectivity index (χ2v) is 8.60. The highest BCUT2D eigenvalue weighted by atomic mass is 32.1. The molecule has 2 aromatic heterocycles. The lowest BCUT2D eigenvalue weighted by Crippen LogP contribution is -2.51. The number of rotatable bonds is 3. The van der Waals surface area contributed by atoms with Crippen LogP contribution in [0.25, 0.3) is 10.2 Å². The topological polar surface area (TPSA) is 87.3 Å². The lowest BCUT2D eigenvalue weighted by atomic mass is 9.91. The Balaban J connectivity index is 1.49. The molecule has 8 heteroatoms. The van der Waals surface area contributed by atoms with Gasteiger partial charge in [-0.3, -0.25) is 10.2 Å². The molecule has 7 nitrogen and oxygen atoms in total. The third-order valence-corrected chi connectivity index (χ3v) is 6.79. The number of aryl methyl sites for hydroxylation is 2. The number of hydrogen-bond acceptors (Lipinski definition) is 7. The van der Waals surface area contributed by atoms with Gasteiger partial charge in [-0.25, -0.2) is 10.4 Å². The number of pyridine rings is 1. The van der Waals surface area contributed by atoms with Gasteiger partial charge in [-0.1, -0.05) is 12.1 Å². The van der Waals surface area contributed by atoms with Crippen molar-refractivity contribution in [3.8, 4) is 5.75 Å². The van der Waals surface area contributed by atoms with Gasteiger partial charge in [0.25, 0.3) is 5.91 Å². The zero-order valence-electron chi connectivity index (χ0n) is 16.5. The van der Waals surface area contributed by atoms with E-state index in [1.165, 1.54) is 11.3 Å². The number of thiophene rings is 1. The first-order valence-electron chi connectivity index (χ1n) is 9.65. The molecule has 1 aromatic carbocycles. The summed E-state index contributed by atoms with van der Waals surface area (Å²) < 4.78 is 5.27. The zero-order chi connectivity index (χ0) is 20.1. The summed E-state index contributed by atoms with van der Waals surface area (Å²) in [7, 11) is 1.66. The number of nitrogens with zero attached hydrogens (tertiary/aromatic N) is 1. The average Bonchev–Trinajstić information content (AvgIpc) is 3.33. The molecule has 1 saturated heterocycles. The van der Waals surface area contributed by atoms with Crippen molar-refractivity contribution < 1.29 is 9.53 Å². The van der Waals surface area contributed by atoms with Crippen molar-refractivity contribution in [3.63, 3.8) is 0 Å². The molecule has 0 saturated carbocycles. The second-order valence-electron chi connectivity index (χ2n) is 7.60. The molecule has 3 unspecified atom stereocenters. The van der Waals surface area contributed by atoms with Crippen molar-refractivity contribution in [1.82, 2.24) is 21.2 Å². The number of methoxy groups -OCH3 is 1. The van der Waals surface area contributed by atoms with Crippen LogP contribution in [0, 0.1) is 19.8 Å². The fourth-order valence-corrected chi connectivity index (χ4v) is 5.48. The summed E-state index contributed by atoms with van der Waals surface area (Å²) in [6.07, 6.45) is -0.192. The van der Waals surface area contributed by atoms with Gasteiger partial charge in [0.2, 0.25) is 0 Å². The monoisotopic (exact) mass is 409 g/mol. The maximum absolute atomic E-state index is 12.9. The van der Waals surface area contributed by atoms with Crippen LogP contribution in [0.5, 0.6) is 5.75 Å². The number of amides is 1. The van der Waals surface area contributed by atoms with E-state index >= 15 is 0 Å². The van der Waals surface area contributed by atoms with E-state index < -0.39 is 0 Å². The Morgan fingerprint density at radius 1 is 1.17 bits per heavy atom. The standard InChI is InChI=1S/C21H23N5O2S/c1-10-8-11(2)23-21-15(10)17-18(29-21)20(27)25-19(24-17)14-9-22-26-16(14)12-4-6-13(28-3)7-5-12/h4-8,14,16,19,22,24,26H,9H2,1-3H3,(H,25,27). The second kappa shape index (κ2) is 6.98. The largest absolute Gasteiger partial charge is 0.497 e. The summed E-state index contributed by atoms with van der Waals surface area (Å²) in [6, 6.07) is 10.2. The number of benzene rings is 1. The van der Waals surface area contributed by atoms with Gasteiger partial charge >= 0.3 is 0 Å². The predicted molar refractivity (Wildman–Crippen MR) is 114 cm³/mol. The van der Waals surface area contributed by atoms with Crippen LogP contribution in [0.3, 0.4) is 0 Å². The van der Waals surface area contributed by atoms with E-state index in [0.717, 1.165) is 45.0 Å². The van der Waals surface area contributed by atoms with Gasteiger partial charge in [0.05, 0.1) is 18.8 Å². The first kappa shape index (κ1) is 18.4. The molecule has 3 aromatic rings. The van der Waals surface area contributed by atoms with Crippen LogP contribution in [0.1, 0.15) is 32.5 Å². The predicted octanol–water partition coefficient (Wildman–Crippen LogP) is 2.87. The molecule has 150 valence electrons. The fraction of sp³-hybridized carbons (Fsp3) is 0.333. The number of hydrogen-bond donors (Lipinski definition) is 4. The molecule has 4 N–H and O–H groups in total. The molecular formula is C21H23N5O2S. The number of fused-ring (bicyclic) bond motifs is 3. The van der Waals surface area contributed by atoms with Crippen LogP contribution in [0.15, 0.2) is 30.3 Å². The normalized spacial score (nSPS) is 23.6. The van der Waals surface area contributed by atoms with Gasteiger partial charge in [-0.15, -0.1) is 11.3 Å². The maximum Gasteiger partial charge on any atom is 0.265 e. The highest BCUT2D eigenvalue weighted by Gasteiger charge is 2.39. The lowest BCUT2D eigenvalue weighted by molar-refractivity contribution is 0.0925. The minimum atomic E-state index is -0.192. The number of carbonyl (C=O) groups is 1. The van der Waals surface area contributed by atoms with E-state index in [0.29, 0.717) is 4.88 Å². The van der Waals surface area contributed by atoms with Crippen LogP contribution in [0.2, 0.25) is 0 Å². The smallest absolute Gasteiger partial charge is 0.265 e. The molecule has 0 spiro atoms. The summed E-state index contributed by atoms with van der Waals surface area (Å²) in [4.78, 5) is 19.2. The third-order valence-electron chi connectivity index (χ3n) is 5.71. The van der Waals surface area contributed by atoms with Crippen LogP contribution in [0.4, 0.5) is 5.69 Å². The number of ether oxygens (including phenoxy) is 1.